The normalized spacial score (nSPS) is 24.2. The molecule has 2 atom stereocenters. The molecule has 1 saturated heterocycles. The second-order valence-corrected chi connectivity index (χ2v) is 6.93. The van der Waals surface area contributed by atoms with E-state index in [1.54, 1.807) is 12.4 Å². The molecule has 1 aliphatic carbocycles. The van der Waals surface area contributed by atoms with E-state index in [-0.39, 0.29) is 6.03 Å². The smallest absolute Gasteiger partial charge is 0.317 e. The van der Waals surface area contributed by atoms with Crippen LogP contribution in [0.5, 0.6) is 0 Å². The molecule has 7 heteroatoms. The van der Waals surface area contributed by atoms with Crippen molar-refractivity contribution in [1.29, 1.82) is 0 Å². The zero-order chi connectivity index (χ0) is 17.5. The summed E-state index contributed by atoms with van der Waals surface area (Å²) in [6, 6.07) is 1.80. The van der Waals surface area contributed by atoms with E-state index in [0.717, 1.165) is 25.5 Å². The van der Waals surface area contributed by atoms with E-state index < -0.39 is 0 Å². The van der Waals surface area contributed by atoms with Gasteiger partial charge in [0.15, 0.2) is 0 Å². The molecule has 0 bridgehead atoms. The summed E-state index contributed by atoms with van der Waals surface area (Å²) in [5.74, 6) is 1.37. The summed E-state index contributed by atoms with van der Waals surface area (Å²) >= 11 is 0. The van der Waals surface area contributed by atoms with Gasteiger partial charge in [-0.3, -0.25) is 0 Å². The van der Waals surface area contributed by atoms with Gasteiger partial charge in [-0.1, -0.05) is 19.8 Å². The maximum Gasteiger partial charge on any atom is 0.317 e. The number of nitrogens with zero attached hydrogens (tertiary/aromatic N) is 4. The largest absolute Gasteiger partial charge is 0.376 e. The summed E-state index contributed by atoms with van der Waals surface area (Å²) in [6.07, 6.45) is 8.84. The molecular formula is C18H29N5O2. The van der Waals surface area contributed by atoms with Gasteiger partial charge < -0.3 is 19.9 Å². The molecule has 1 saturated carbocycles. The topological polar surface area (TPSA) is 70.6 Å². The first kappa shape index (κ1) is 17.9. The van der Waals surface area contributed by atoms with Crippen LogP contribution in [0.25, 0.3) is 0 Å². The van der Waals surface area contributed by atoms with E-state index in [9.17, 15) is 4.79 Å². The lowest BCUT2D eigenvalue weighted by molar-refractivity contribution is -0.00272. The summed E-state index contributed by atoms with van der Waals surface area (Å²) in [4.78, 5) is 24.7. The fraction of sp³-hybridized carbons (Fsp3) is 0.722. The van der Waals surface area contributed by atoms with Gasteiger partial charge in [-0.2, -0.15) is 0 Å². The highest BCUT2D eigenvalue weighted by Gasteiger charge is 2.23. The molecule has 25 heavy (non-hydrogen) atoms. The van der Waals surface area contributed by atoms with E-state index in [2.05, 4.69) is 27.1 Å². The fourth-order valence-corrected chi connectivity index (χ4v) is 3.57. The Morgan fingerprint density at radius 1 is 1.20 bits per heavy atom. The average Bonchev–Trinajstić information content (AvgIpc) is 2.67. The Morgan fingerprint density at radius 2 is 1.92 bits per heavy atom. The van der Waals surface area contributed by atoms with Crippen LogP contribution >= 0.6 is 0 Å². The predicted molar refractivity (Wildman–Crippen MR) is 96.6 cm³/mol. The first-order valence-corrected chi connectivity index (χ1v) is 9.40. The number of carbonyl (C=O) groups is 1. The van der Waals surface area contributed by atoms with Gasteiger partial charge in [0.25, 0.3) is 0 Å². The van der Waals surface area contributed by atoms with Gasteiger partial charge in [0.2, 0.25) is 5.95 Å². The summed E-state index contributed by atoms with van der Waals surface area (Å²) < 4.78 is 5.95. The van der Waals surface area contributed by atoms with Crippen LogP contribution in [-0.4, -0.2) is 66.3 Å². The quantitative estimate of drug-likeness (QED) is 0.824. The van der Waals surface area contributed by atoms with Gasteiger partial charge in [-0.05, 0) is 24.8 Å². The Balaban J connectivity index is 1.33. The second-order valence-electron chi connectivity index (χ2n) is 6.93. The van der Waals surface area contributed by atoms with Gasteiger partial charge in [0, 0.05) is 45.1 Å². The molecule has 1 aromatic heterocycles. The minimum Gasteiger partial charge on any atom is -0.376 e. The number of rotatable bonds is 5. The number of anilines is 1. The molecule has 1 aromatic rings. The molecule has 3 rings (SSSR count). The number of amides is 2. The summed E-state index contributed by atoms with van der Waals surface area (Å²) in [5, 5.41) is 2.97. The molecule has 0 spiro atoms. The summed E-state index contributed by atoms with van der Waals surface area (Å²) in [5.41, 5.74) is 0. The molecule has 1 aliphatic heterocycles. The van der Waals surface area contributed by atoms with E-state index in [1.807, 2.05) is 11.0 Å². The third-order valence-corrected chi connectivity index (χ3v) is 5.14. The van der Waals surface area contributed by atoms with E-state index >= 15 is 0 Å². The van der Waals surface area contributed by atoms with Gasteiger partial charge >= 0.3 is 6.03 Å². The highest BCUT2D eigenvalue weighted by atomic mass is 16.5. The van der Waals surface area contributed by atoms with Crippen LogP contribution < -0.4 is 10.2 Å². The van der Waals surface area contributed by atoms with Crippen molar-refractivity contribution >= 4 is 12.0 Å². The van der Waals surface area contributed by atoms with Crippen molar-refractivity contribution in [3.05, 3.63) is 18.5 Å². The molecule has 2 heterocycles. The molecule has 2 aliphatic rings. The number of hydrogen-bond donors (Lipinski definition) is 1. The number of ether oxygens (including phenoxy) is 1. The van der Waals surface area contributed by atoms with Crippen molar-refractivity contribution in [3.63, 3.8) is 0 Å². The maximum absolute atomic E-state index is 12.3. The van der Waals surface area contributed by atoms with Crippen molar-refractivity contribution in [2.75, 3.05) is 44.2 Å². The lowest BCUT2D eigenvalue weighted by Gasteiger charge is -2.34. The van der Waals surface area contributed by atoms with Crippen LogP contribution in [0, 0.1) is 5.92 Å². The predicted octanol–water partition coefficient (Wildman–Crippen LogP) is 1.90. The summed E-state index contributed by atoms with van der Waals surface area (Å²) in [6.45, 7) is 6.32. The third-order valence-electron chi connectivity index (χ3n) is 5.14. The van der Waals surface area contributed by atoms with Crippen LogP contribution in [0.3, 0.4) is 0 Å². The number of urea groups is 1. The molecule has 2 amide bonds. The number of carbonyl (C=O) groups excluding carboxylic acids is 1. The monoisotopic (exact) mass is 347 g/mol. The van der Waals surface area contributed by atoms with Gasteiger partial charge in [-0.25, -0.2) is 14.8 Å². The molecule has 138 valence electrons. The highest BCUT2D eigenvalue weighted by molar-refractivity contribution is 5.74. The van der Waals surface area contributed by atoms with Crippen LogP contribution in [0.4, 0.5) is 10.7 Å². The Bertz CT molecular complexity index is 534. The van der Waals surface area contributed by atoms with Crippen molar-refractivity contribution < 1.29 is 9.53 Å². The van der Waals surface area contributed by atoms with Crippen molar-refractivity contribution in [3.8, 4) is 0 Å². The van der Waals surface area contributed by atoms with Crippen LogP contribution in [0.2, 0.25) is 0 Å². The first-order chi connectivity index (χ1) is 12.2. The Labute approximate surface area is 149 Å². The fourth-order valence-electron chi connectivity index (χ4n) is 3.57. The number of piperazine rings is 1. The van der Waals surface area contributed by atoms with Gasteiger partial charge in [-0.15, -0.1) is 0 Å². The van der Waals surface area contributed by atoms with Gasteiger partial charge in [0.1, 0.15) is 0 Å². The van der Waals surface area contributed by atoms with E-state index in [1.165, 1.54) is 19.3 Å². The van der Waals surface area contributed by atoms with Gasteiger partial charge in [0.05, 0.1) is 12.7 Å². The number of aromatic nitrogens is 2. The van der Waals surface area contributed by atoms with Crippen LogP contribution in [0.15, 0.2) is 18.5 Å². The minimum atomic E-state index is -0.00563. The number of hydrogen-bond acceptors (Lipinski definition) is 5. The minimum absolute atomic E-state index is 0.00563. The number of nitrogens with one attached hydrogen (secondary N) is 1. The molecule has 1 N–H and O–H groups in total. The van der Waals surface area contributed by atoms with Crippen LogP contribution in [0.1, 0.15) is 32.6 Å². The van der Waals surface area contributed by atoms with Crippen molar-refractivity contribution in [1.82, 2.24) is 20.2 Å². The molecule has 0 unspecified atom stereocenters. The third kappa shape index (κ3) is 5.04. The van der Waals surface area contributed by atoms with Crippen LogP contribution in [-0.2, 0) is 4.74 Å². The first-order valence-electron chi connectivity index (χ1n) is 9.40. The lowest BCUT2D eigenvalue weighted by atomic mass is 9.88. The lowest BCUT2D eigenvalue weighted by Crippen LogP contribution is -2.52. The summed E-state index contributed by atoms with van der Waals surface area (Å²) in [7, 11) is 0. The Kier molecular flexibility index (Phi) is 6.44. The molecular weight excluding hydrogens is 318 g/mol. The second kappa shape index (κ2) is 8.99. The zero-order valence-corrected chi connectivity index (χ0v) is 15.1. The highest BCUT2D eigenvalue weighted by Crippen LogP contribution is 2.25. The zero-order valence-electron chi connectivity index (χ0n) is 15.1. The van der Waals surface area contributed by atoms with E-state index in [4.69, 9.17) is 4.74 Å². The molecule has 0 aromatic carbocycles. The molecule has 7 nitrogen and oxygen atoms in total. The Morgan fingerprint density at radius 3 is 2.64 bits per heavy atom. The molecule has 2 fully saturated rings. The Hall–Kier alpha value is -1.89. The SMILES string of the molecule is C[C@@H]1CCCC[C@@H]1OCCNC(=O)N1CCN(c2ncccn2)CC1. The van der Waals surface area contributed by atoms with Crippen molar-refractivity contribution in [2.45, 2.75) is 38.7 Å². The average molecular weight is 347 g/mol. The van der Waals surface area contributed by atoms with Crippen molar-refractivity contribution in [2.24, 2.45) is 5.92 Å². The molecule has 0 radical (unpaired) electrons. The van der Waals surface area contributed by atoms with E-state index in [0.29, 0.717) is 38.3 Å². The standard InChI is InChI=1S/C18H29N5O2/c1-15-5-2-3-6-16(15)25-14-9-21-18(24)23-12-10-22(11-13-23)17-19-7-4-8-20-17/h4,7-8,15-16H,2-3,5-6,9-14H2,1H3,(H,21,24)/t15-,16+/m1/s1. The maximum atomic E-state index is 12.3.